The lowest BCUT2D eigenvalue weighted by Crippen LogP contribution is -2.33. The first kappa shape index (κ1) is 22.8. The number of nitrogens with one attached hydrogen (secondary N) is 2. The van der Waals surface area contributed by atoms with Gasteiger partial charge in [0, 0.05) is 11.8 Å². The average molecular weight is 455 g/mol. The number of aryl methyl sites for hydroxylation is 2. The van der Waals surface area contributed by atoms with Crippen LogP contribution in [0.2, 0.25) is 0 Å². The molecule has 7 heteroatoms. The first-order valence-corrected chi connectivity index (χ1v) is 10.9. The Balaban J connectivity index is 1.54. The molecule has 7 nitrogen and oxygen atoms in total. The average Bonchev–Trinajstić information content (AvgIpc) is 3.29. The van der Waals surface area contributed by atoms with Gasteiger partial charge in [-0.25, -0.2) is 4.68 Å². The van der Waals surface area contributed by atoms with Crippen LogP contribution in [0.3, 0.4) is 0 Å². The Morgan fingerprint density at radius 1 is 0.941 bits per heavy atom. The highest BCUT2D eigenvalue weighted by atomic mass is 16.5. The largest absolute Gasteiger partial charge is 0.495 e. The minimum atomic E-state index is -0.386. The summed E-state index contributed by atoms with van der Waals surface area (Å²) in [5.41, 5.74) is 5.24. The van der Waals surface area contributed by atoms with E-state index in [4.69, 9.17) is 4.74 Å². The first-order chi connectivity index (χ1) is 16.4. The van der Waals surface area contributed by atoms with Crippen LogP contribution in [0.5, 0.6) is 5.75 Å². The minimum absolute atomic E-state index is 0.195. The van der Waals surface area contributed by atoms with E-state index in [1.165, 1.54) is 0 Å². The Kier molecular flexibility index (Phi) is 6.73. The summed E-state index contributed by atoms with van der Waals surface area (Å²) in [5.74, 6) is -0.191. The topological polar surface area (TPSA) is 85.3 Å². The van der Waals surface area contributed by atoms with Gasteiger partial charge >= 0.3 is 0 Å². The van der Waals surface area contributed by atoms with Crippen LogP contribution < -0.4 is 15.4 Å². The van der Waals surface area contributed by atoms with E-state index in [2.05, 4.69) is 15.7 Å². The van der Waals surface area contributed by atoms with Gasteiger partial charge in [0.15, 0.2) is 0 Å². The molecule has 0 spiro atoms. The third-order valence-corrected chi connectivity index (χ3v) is 5.34. The predicted molar refractivity (Wildman–Crippen MR) is 132 cm³/mol. The zero-order valence-corrected chi connectivity index (χ0v) is 19.3. The summed E-state index contributed by atoms with van der Waals surface area (Å²) in [7, 11) is 1.54. The fourth-order valence-corrected chi connectivity index (χ4v) is 3.55. The molecule has 0 unspecified atom stereocenters. The van der Waals surface area contributed by atoms with Gasteiger partial charge in [-0.3, -0.25) is 9.59 Å². The van der Waals surface area contributed by atoms with E-state index in [1.807, 2.05) is 80.6 Å². The van der Waals surface area contributed by atoms with Gasteiger partial charge in [0.1, 0.15) is 11.4 Å². The predicted octanol–water partition coefficient (Wildman–Crippen LogP) is 4.53. The number of rotatable bonds is 7. The lowest BCUT2D eigenvalue weighted by molar-refractivity contribution is -0.115. The van der Waals surface area contributed by atoms with E-state index in [-0.39, 0.29) is 18.4 Å². The van der Waals surface area contributed by atoms with Gasteiger partial charge < -0.3 is 15.4 Å². The maximum atomic E-state index is 13.1. The molecule has 172 valence electrons. The summed E-state index contributed by atoms with van der Waals surface area (Å²) < 4.78 is 6.97. The van der Waals surface area contributed by atoms with Crippen molar-refractivity contribution in [2.24, 2.45) is 0 Å². The molecule has 2 N–H and O–H groups in total. The first-order valence-electron chi connectivity index (χ1n) is 10.9. The molecule has 0 atom stereocenters. The van der Waals surface area contributed by atoms with Crippen molar-refractivity contribution in [3.63, 3.8) is 0 Å². The SMILES string of the molecule is COc1ccc(C)cc1NC(=O)CNC(=O)c1cn(-c2ccc(C)cc2)nc1-c1ccccc1. The zero-order valence-electron chi connectivity index (χ0n) is 19.3. The van der Waals surface area contributed by atoms with Crippen molar-refractivity contribution >= 4 is 17.5 Å². The quantitative estimate of drug-likeness (QED) is 0.430. The van der Waals surface area contributed by atoms with Gasteiger partial charge in [0.2, 0.25) is 5.91 Å². The lowest BCUT2D eigenvalue weighted by Gasteiger charge is -2.11. The number of anilines is 1. The highest BCUT2D eigenvalue weighted by molar-refractivity contribution is 6.03. The zero-order chi connectivity index (χ0) is 24.1. The molecular formula is C27H26N4O3. The molecule has 34 heavy (non-hydrogen) atoms. The Labute approximate surface area is 198 Å². The second-order valence-corrected chi connectivity index (χ2v) is 7.97. The second-order valence-electron chi connectivity index (χ2n) is 7.97. The number of carbonyl (C=O) groups excluding carboxylic acids is 2. The van der Waals surface area contributed by atoms with Gasteiger partial charge in [-0.2, -0.15) is 5.10 Å². The molecule has 0 bridgehead atoms. The standard InChI is InChI=1S/C27H26N4O3/c1-18-9-12-21(13-10-18)31-17-22(26(30-31)20-7-5-4-6-8-20)27(33)28-16-25(32)29-23-15-19(2)11-14-24(23)34-3/h4-15,17H,16H2,1-3H3,(H,28,33)(H,29,32). The van der Waals surface area contributed by atoms with Gasteiger partial charge in [0.05, 0.1) is 30.6 Å². The summed E-state index contributed by atoms with van der Waals surface area (Å²) in [5, 5.41) is 10.2. The molecule has 3 aromatic carbocycles. The Hall–Kier alpha value is -4.39. The third-order valence-electron chi connectivity index (χ3n) is 5.34. The lowest BCUT2D eigenvalue weighted by atomic mass is 10.1. The molecule has 0 saturated carbocycles. The number of aromatic nitrogens is 2. The minimum Gasteiger partial charge on any atom is -0.495 e. The van der Waals surface area contributed by atoms with Crippen molar-refractivity contribution in [1.29, 1.82) is 0 Å². The molecule has 0 aliphatic rings. The van der Waals surface area contributed by atoms with Crippen LogP contribution in [0.1, 0.15) is 21.5 Å². The molecule has 1 aromatic heterocycles. The fraction of sp³-hybridized carbons (Fsp3) is 0.148. The molecule has 0 aliphatic carbocycles. The third kappa shape index (κ3) is 5.15. The molecule has 0 saturated heterocycles. The molecule has 1 heterocycles. The number of hydrogen-bond acceptors (Lipinski definition) is 4. The monoisotopic (exact) mass is 454 g/mol. The smallest absolute Gasteiger partial charge is 0.255 e. The summed E-state index contributed by atoms with van der Waals surface area (Å²) in [6, 6.07) is 22.9. The van der Waals surface area contributed by atoms with Crippen LogP contribution in [0.4, 0.5) is 5.69 Å². The Morgan fingerprint density at radius 2 is 1.65 bits per heavy atom. The van der Waals surface area contributed by atoms with Crippen molar-refractivity contribution in [1.82, 2.24) is 15.1 Å². The highest BCUT2D eigenvalue weighted by Crippen LogP contribution is 2.26. The van der Waals surface area contributed by atoms with Crippen molar-refractivity contribution in [2.45, 2.75) is 13.8 Å². The normalized spacial score (nSPS) is 10.6. The van der Waals surface area contributed by atoms with E-state index >= 15 is 0 Å². The van der Waals surface area contributed by atoms with Crippen molar-refractivity contribution in [3.05, 3.63) is 95.7 Å². The number of benzene rings is 3. The van der Waals surface area contributed by atoms with Crippen LogP contribution in [-0.4, -0.2) is 35.2 Å². The molecular weight excluding hydrogens is 428 g/mol. The number of methoxy groups -OCH3 is 1. The number of carbonyl (C=O) groups is 2. The van der Waals surface area contributed by atoms with Gasteiger partial charge in [-0.05, 0) is 43.7 Å². The van der Waals surface area contributed by atoms with E-state index in [0.29, 0.717) is 22.7 Å². The molecule has 2 amide bonds. The number of hydrogen-bond donors (Lipinski definition) is 2. The fourth-order valence-electron chi connectivity index (χ4n) is 3.55. The molecule has 0 fully saturated rings. The molecule has 4 rings (SSSR count). The highest BCUT2D eigenvalue weighted by Gasteiger charge is 2.19. The molecule has 0 aliphatic heterocycles. The Morgan fingerprint density at radius 3 is 2.35 bits per heavy atom. The summed E-state index contributed by atoms with van der Waals surface area (Å²) in [6.07, 6.45) is 1.68. The maximum Gasteiger partial charge on any atom is 0.255 e. The van der Waals surface area contributed by atoms with Gasteiger partial charge in [-0.1, -0.05) is 54.1 Å². The Bertz CT molecular complexity index is 1310. The number of ether oxygens (including phenoxy) is 1. The molecule has 4 aromatic rings. The summed E-state index contributed by atoms with van der Waals surface area (Å²) >= 11 is 0. The van der Waals surface area contributed by atoms with E-state index in [0.717, 1.165) is 22.4 Å². The van der Waals surface area contributed by atoms with Crippen LogP contribution in [0.25, 0.3) is 16.9 Å². The van der Waals surface area contributed by atoms with E-state index < -0.39 is 0 Å². The van der Waals surface area contributed by atoms with Crippen LogP contribution in [-0.2, 0) is 4.79 Å². The van der Waals surface area contributed by atoms with Crippen LogP contribution >= 0.6 is 0 Å². The number of amides is 2. The number of nitrogens with zero attached hydrogens (tertiary/aromatic N) is 2. The van der Waals surface area contributed by atoms with Crippen molar-refractivity contribution in [2.75, 3.05) is 19.0 Å². The van der Waals surface area contributed by atoms with E-state index in [1.54, 1.807) is 24.1 Å². The summed E-state index contributed by atoms with van der Waals surface area (Å²) in [6.45, 7) is 3.74. The van der Waals surface area contributed by atoms with Gasteiger partial charge in [0.25, 0.3) is 5.91 Å². The van der Waals surface area contributed by atoms with Crippen LogP contribution in [0, 0.1) is 13.8 Å². The van der Waals surface area contributed by atoms with Crippen molar-refractivity contribution in [3.8, 4) is 22.7 Å². The van der Waals surface area contributed by atoms with Crippen LogP contribution in [0.15, 0.2) is 79.0 Å². The van der Waals surface area contributed by atoms with E-state index in [9.17, 15) is 9.59 Å². The van der Waals surface area contributed by atoms with Gasteiger partial charge in [-0.15, -0.1) is 0 Å². The summed E-state index contributed by atoms with van der Waals surface area (Å²) in [4.78, 5) is 25.6. The second kappa shape index (κ2) is 10.0. The maximum absolute atomic E-state index is 13.1. The van der Waals surface area contributed by atoms with Crippen molar-refractivity contribution < 1.29 is 14.3 Å². The molecule has 0 radical (unpaired) electrons.